The molecule has 0 fully saturated rings. The van der Waals surface area contributed by atoms with Gasteiger partial charge in [0.15, 0.2) is 8.56 Å². The van der Waals surface area contributed by atoms with Gasteiger partial charge in [-0.25, -0.2) is 0 Å². The Bertz CT molecular complexity index is 44.1. The minimum Gasteiger partial charge on any atom is -0.438 e. The van der Waals surface area contributed by atoms with Crippen molar-refractivity contribution < 1.29 is 4.80 Å². The molecule has 0 amide bonds. The highest BCUT2D eigenvalue weighted by Crippen LogP contribution is 1.79. The largest absolute Gasteiger partial charge is 0.438 e. The van der Waals surface area contributed by atoms with Crippen LogP contribution in [-0.2, 0) is 0 Å². The smallest absolute Gasteiger partial charge is 0.153 e. The first-order valence-electron chi connectivity index (χ1n) is 2.06. The number of hydrogen-bond donors (Lipinski definition) is 1. The molecular formula is C3H10OSi2. The minimum absolute atomic E-state index is 0.895. The molecule has 0 heterocycles. The Morgan fingerprint density at radius 3 is 2.50 bits per heavy atom. The summed E-state index contributed by atoms with van der Waals surface area (Å²) in [6.07, 6.45) is 1.80. The zero-order valence-corrected chi connectivity index (χ0v) is 7.17. The Hall–Kier alpha value is 0.134. The maximum atomic E-state index is 8.68. The van der Waals surface area contributed by atoms with E-state index in [4.69, 9.17) is 4.80 Å². The summed E-state index contributed by atoms with van der Waals surface area (Å²) in [5.74, 6) is 0. The highest BCUT2D eigenvalue weighted by atomic mass is 29.2. The van der Waals surface area contributed by atoms with Crippen molar-refractivity contribution in [3.63, 3.8) is 0 Å². The number of rotatable bonds is 2. The van der Waals surface area contributed by atoms with Gasteiger partial charge in [-0.1, -0.05) is 6.08 Å². The molecule has 36 valence electrons. The molecule has 1 unspecified atom stereocenters. The highest BCUT2D eigenvalue weighted by Gasteiger charge is 1.88. The molecule has 0 aromatic carbocycles. The van der Waals surface area contributed by atoms with Crippen molar-refractivity contribution in [1.82, 2.24) is 0 Å². The summed E-state index contributed by atoms with van der Waals surface area (Å²) < 4.78 is 0. The second-order valence-corrected chi connectivity index (χ2v) is 7.54. The summed E-state index contributed by atoms with van der Waals surface area (Å²) in [4.78, 5) is 8.68. The van der Waals surface area contributed by atoms with Crippen LogP contribution in [0.25, 0.3) is 0 Å². The third-order valence-corrected chi connectivity index (χ3v) is 2.94. The first-order chi connectivity index (χ1) is 2.77. The van der Waals surface area contributed by atoms with Gasteiger partial charge in [0.25, 0.3) is 0 Å². The van der Waals surface area contributed by atoms with Gasteiger partial charge in [-0.15, -0.1) is 6.58 Å². The van der Waals surface area contributed by atoms with Gasteiger partial charge in [0.2, 0.25) is 0 Å². The lowest BCUT2D eigenvalue weighted by Crippen LogP contribution is -2.08. The molecule has 0 radical (unpaired) electrons. The second-order valence-electron chi connectivity index (χ2n) is 1.37. The van der Waals surface area contributed by atoms with Crippen LogP contribution in [0.15, 0.2) is 12.7 Å². The van der Waals surface area contributed by atoms with Crippen LogP contribution >= 0.6 is 0 Å². The third kappa shape index (κ3) is 4.13. The summed E-state index contributed by atoms with van der Waals surface area (Å²) in [6, 6.07) is 0.895. The van der Waals surface area contributed by atoms with Gasteiger partial charge in [-0.3, -0.25) is 0 Å². The summed E-state index contributed by atoms with van der Waals surface area (Å²) in [7, 11) is -0.148. The molecule has 0 bridgehead atoms. The van der Waals surface area contributed by atoms with E-state index >= 15 is 0 Å². The maximum absolute atomic E-state index is 8.68. The van der Waals surface area contributed by atoms with Gasteiger partial charge in [-0.05, 0) is 6.04 Å². The first kappa shape index (κ1) is 6.13. The van der Waals surface area contributed by atoms with E-state index in [0.717, 1.165) is 15.8 Å². The predicted molar refractivity (Wildman–Crippen MR) is 34.3 cm³/mol. The SMILES string of the molecule is C=CC[SiH](O)[SiH3]. The topological polar surface area (TPSA) is 20.2 Å². The molecule has 0 aromatic heterocycles. The van der Waals surface area contributed by atoms with Crippen molar-refractivity contribution in [2.24, 2.45) is 0 Å². The lowest BCUT2D eigenvalue weighted by Gasteiger charge is -1.89. The minimum atomic E-state index is -1.15. The molecule has 0 saturated heterocycles. The first-order valence-corrected chi connectivity index (χ1v) is 8.01. The molecule has 0 rings (SSSR count). The molecule has 1 atom stereocenters. The van der Waals surface area contributed by atoms with E-state index in [1.165, 1.54) is 0 Å². The van der Waals surface area contributed by atoms with E-state index in [-0.39, 0.29) is 0 Å². The maximum Gasteiger partial charge on any atom is 0.153 e. The van der Waals surface area contributed by atoms with Gasteiger partial charge in [-0.2, -0.15) is 0 Å². The highest BCUT2D eigenvalue weighted by molar-refractivity contribution is 6.98. The van der Waals surface area contributed by atoms with Gasteiger partial charge in [0, 0.05) is 9.76 Å². The van der Waals surface area contributed by atoms with E-state index in [1.807, 2.05) is 0 Å². The molecule has 0 spiro atoms. The molecule has 3 heteroatoms. The number of hydrogen-bond acceptors (Lipinski definition) is 1. The Labute approximate surface area is 42.6 Å². The van der Waals surface area contributed by atoms with Gasteiger partial charge in [0.1, 0.15) is 0 Å². The lowest BCUT2D eigenvalue weighted by atomic mass is 10.8. The average molecular weight is 118 g/mol. The van der Waals surface area contributed by atoms with Gasteiger partial charge >= 0.3 is 0 Å². The van der Waals surface area contributed by atoms with E-state index in [1.54, 1.807) is 6.08 Å². The van der Waals surface area contributed by atoms with E-state index in [2.05, 4.69) is 6.58 Å². The van der Waals surface area contributed by atoms with Crippen LogP contribution in [0.1, 0.15) is 0 Å². The molecule has 1 N–H and O–H groups in total. The van der Waals surface area contributed by atoms with Crippen molar-refractivity contribution in [3.8, 4) is 0 Å². The zero-order chi connectivity index (χ0) is 4.99. The summed E-state index contributed by atoms with van der Waals surface area (Å²) >= 11 is 0. The van der Waals surface area contributed by atoms with Crippen LogP contribution in [0.2, 0.25) is 6.04 Å². The van der Waals surface area contributed by atoms with E-state index in [0.29, 0.717) is 0 Å². The average Bonchev–Trinajstić information content (AvgIpc) is 1.35. The zero-order valence-electron chi connectivity index (χ0n) is 4.02. The van der Waals surface area contributed by atoms with Crippen molar-refractivity contribution in [2.45, 2.75) is 6.04 Å². The van der Waals surface area contributed by atoms with Crippen molar-refractivity contribution in [1.29, 1.82) is 0 Å². The number of allylic oxidation sites excluding steroid dienone is 1. The normalized spacial score (nSPS) is 14.2. The Morgan fingerprint density at radius 2 is 2.50 bits per heavy atom. The Morgan fingerprint density at radius 1 is 2.00 bits per heavy atom. The third-order valence-electron chi connectivity index (χ3n) is 0.508. The molecule has 0 aliphatic rings. The molecular weight excluding hydrogens is 108 g/mol. The summed E-state index contributed by atoms with van der Waals surface area (Å²) in [5.41, 5.74) is 0. The van der Waals surface area contributed by atoms with Crippen molar-refractivity contribution in [3.05, 3.63) is 12.7 Å². The molecule has 0 aromatic rings. The molecule has 0 aliphatic heterocycles. The molecule has 0 saturated carbocycles. The predicted octanol–water partition coefficient (Wildman–Crippen LogP) is -1.25. The van der Waals surface area contributed by atoms with Crippen LogP contribution in [0.4, 0.5) is 0 Å². The van der Waals surface area contributed by atoms with Crippen molar-refractivity contribution >= 4 is 18.3 Å². The molecule has 6 heavy (non-hydrogen) atoms. The fraction of sp³-hybridized carbons (Fsp3) is 0.333. The van der Waals surface area contributed by atoms with Crippen LogP contribution in [0, 0.1) is 0 Å². The van der Waals surface area contributed by atoms with Crippen LogP contribution in [-0.4, -0.2) is 23.1 Å². The Kier molecular flexibility index (Phi) is 3.40. The van der Waals surface area contributed by atoms with E-state index < -0.39 is 8.56 Å². The summed E-state index contributed by atoms with van der Waals surface area (Å²) in [6.45, 7) is 3.50. The van der Waals surface area contributed by atoms with Gasteiger partial charge in [0.05, 0.1) is 0 Å². The molecule has 0 aliphatic carbocycles. The summed E-state index contributed by atoms with van der Waals surface area (Å²) in [5, 5.41) is 0. The monoisotopic (exact) mass is 118 g/mol. The fourth-order valence-electron chi connectivity index (χ4n) is 0.241. The van der Waals surface area contributed by atoms with Crippen LogP contribution < -0.4 is 0 Å². The fourth-order valence-corrected chi connectivity index (χ4v) is 1.72. The van der Waals surface area contributed by atoms with Crippen LogP contribution in [0.3, 0.4) is 0 Å². The Balaban J connectivity index is 2.81. The molecule has 1 nitrogen and oxygen atoms in total. The van der Waals surface area contributed by atoms with Crippen LogP contribution in [0.5, 0.6) is 0 Å². The van der Waals surface area contributed by atoms with E-state index in [9.17, 15) is 0 Å². The van der Waals surface area contributed by atoms with Gasteiger partial charge < -0.3 is 4.80 Å². The quantitative estimate of drug-likeness (QED) is 0.355. The standard InChI is InChI=1S/C3H10OSi2/c1-2-3-6(4)5/h2,4,6H,1,3H2,5H3. The van der Waals surface area contributed by atoms with Crippen molar-refractivity contribution in [2.75, 3.05) is 0 Å². The second kappa shape index (κ2) is 3.33. The lowest BCUT2D eigenvalue weighted by molar-refractivity contribution is 0.596.